The molecule has 64 valence electrons. The van der Waals surface area contributed by atoms with Gasteiger partial charge >= 0.3 is 0 Å². The van der Waals surface area contributed by atoms with Crippen molar-refractivity contribution in [2.45, 2.75) is 0 Å². The van der Waals surface area contributed by atoms with E-state index in [-0.39, 0.29) is 0 Å². The minimum absolute atomic E-state index is 0.421. The first-order valence-corrected chi connectivity index (χ1v) is 4.83. The first kappa shape index (κ1) is 9.90. The van der Waals surface area contributed by atoms with E-state index in [9.17, 15) is 0 Å². The van der Waals surface area contributed by atoms with Crippen molar-refractivity contribution in [1.82, 2.24) is 0 Å². The molecule has 0 atom stereocenters. The van der Waals surface area contributed by atoms with Gasteiger partial charge in [-0.3, -0.25) is 0 Å². The molecule has 0 aliphatic carbocycles. The Labute approximate surface area is 89.3 Å². The number of halogens is 3. The molecule has 0 fully saturated rings. The van der Waals surface area contributed by atoms with E-state index in [4.69, 9.17) is 28.9 Å². The first-order chi connectivity index (χ1) is 5.65. The highest BCUT2D eigenvalue weighted by molar-refractivity contribution is 9.11. The molecule has 0 aromatic heterocycles. The van der Waals surface area contributed by atoms with Crippen LogP contribution in [0.3, 0.4) is 0 Å². The molecule has 0 radical (unpaired) electrons. The van der Waals surface area contributed by atoms with Crippen LogP contribution < -0.4 is 5.73 Å². The maximum atomic E-state index is 5.80. The van der Waals surface area contributed by atoms with Gasteiger partial charge in [-0.05, 0) is 28.8 Å². The van der Waals surface area contributed by atoms with E-state index in [1.54, 1.807) is 17.1 Å². The average Bonchev–Trinajstić information content (AvgIpc) is 2.01. The van der Waals surface area contributed by atoms with E-state index < -0.39 is 0 Å². The Bertz CT molecular complexity index is 300. The normalized spacial score (nSPS) is 10.9. The van der Waals surface area contributed by atoms with Crippen molar-refractivity contribution >= 4 is 50.9 Å². The largest absolute Gasteiger partial charge is 0.396 e. The fourth-order valence-electron chi connectivity index (χ4n) is 0.773. The van der Waals surface area contributed by atoms with E-state index in [1.165, 1.54) is 0 Å². The number of hydrogen-bond acceptors (Lipinski definition) is 1. The molecule has 2 N–H and O–H groups in total. The fraction of sp³-hybridized carbons (Fsp3) is 0. The highest BCUT2D eigenvalue weighted by atomic mass is 79.9. The lowest BCUT2D eigenvalue weighted by atomic mass is 10.2. The molecule has 0 amide bonds. The summed E-state index contributed by atoms with van der Waals surface area (Å²) < 4.78 is 0. The molecule has 0 aliphatic heterocycles. The van der Waals surface area contributed by atoms with Crippen molar-refractivity contribution in [1.29, 1.82) is 0 Å². The molecular formula is C8H6BrCl2N. The number of nitrogens with two attached hydrogens (primary N) is 1. The van der Waals surface area contributed by atoms with Gasteiger partial charge in [0, 0.05) is 0 Å². The van der Waals surface area contributed by atoms with Gasteiger partial charge in [-0.2, -0.15) is 0 Å². The zero-order chi connectivity index (χ0) is 9.14. The van der Waals surface area contributed by atoms with Crippen LogP contribution in [0.4, 0.5) is 5.69 Å². The van der Waals surface area contributed by atoms with Gasteiger partial charge in [0.25, 0.3) is 0 Å². The van der Waals surface area contributed by atoms with Gasteiger partial charge in [0.2, 0.25) is 0 Å². The Morgan fingerprint density at radius 3 is 2.17 bits per heavy atom. The van der Waals surface area contributed by atoms with Crippen molar-refractivity contribution in [3.63, 3.8) is 0 Å². The van der Waals surface area contributed by atoms with Crippen molar-refractivity contribution in [3.8, 4) is 0 Å². The van der Waals surface area contributed by atoms with Gasteiger partial charge in [0.15, 0.2) is 0 Å². The Morgan fingerprint density at radius 2 is 1.75 bits per heavy atom. The zero-order valence-corrected chi connectivity index (χ0v) is 9.12. The summed E-state index contributed by atoms with van der Waals surface area (Å²) in [5, 5.41) is 0.950. The van der Waals surface area contributed by atoms with E-state index >= 15 is 0 Å². The topological polar surface area (TPSA) is 26.0 Å². The Balaban J connectivity index is 3.21. The number of anilines is 1. The maximum absolute atomic E-state index is 5.80. The van der Waals surface area contributed by atoms with Crippen LogP contribution in [0.1, 0.15) is 5.56 Å². The fourth-order valence-corrected chi connectivity index (χ4v) is 1.58. The highest BCUT2D eigenvalue weighted by Crippen LogP contribution is 2.29. The second-order valence-electron chi connectivity index (χ2n) is 2.19. The summed E-state index contributed by atoms with van der Waals surface area (Å²) in [5.41, 5.74) is 6.88. The SMILES string of the molecule is Nc1c(Cl)cc(/C=C/Br)cc1Cl. The Hall–Kier alpha value is -0.180. The quantitative estimate of drug-likeness (QED) is 0.766. The molecular weight excluding hydrogens is 261 g/mol. The van der Waals surface area contributed by atoms with Gasteiger partial charge in [-0.1, -0.05) is 39.1 Å². The number of rotatable bonds is 1. The second-order valence-corrected chi connectivity index (χ2v) is 3.53. The van der Waals surface area contributed by atoms with Crippen LogP contribution >= 0.6 is 39.1 Å². The third-order valence-corrected chi connectivity index (χ3v) is 2.25. The van der Waals surface area contributed by atoms with Crippen LogP contribution in [0.2, 0.25) is 10.0 Å². The molecule has 1 aromatic rings. The minimum Gasteiger partial charge on any atom is -0.396 e. The van der Waals surface area contributed by atoms with Crippen LogP contribution in [-0.4, -0.2) is 0 Å². The first-order valence-electron chi connectivity index (χ1n) is 3.16. The summed E-state index contributed by atoms with van der Waals surface area (Å²) in [6.45, 7) is 0. The van der Waals surface area contributed by atoms with Crippen molar-refractivity contribution in [2.24, 2.45) is 0 Å². The molecule has 12 heavy (non-hydrogen) atoms. The molecule has 1 nitrogen and oxygen atoms in total. The van der Waals surface area contributed by atoms with Gasteiger partial charge in [-0.15, -0.1) is 0 Å². The molecule has 4 heteroatoms. The zero-order valence-electron chi connectivity index (χ0n) is 6.02. The van der Waals surface area contributed by atoms with E-state index in [0.717, 1.165) is 5.56 Å². The van der Waals surface area contributed by atoms with Crippen LogP contribution in [0.15, 0.2) is 17.1 Å². The maximum Gasteiger partial charge on any atom is 0.0693 e. The summed E-state index contributed by atoms with van der Waals surface area (Å²) in [6, 6.07) is 3.50. The summed E-state index contributed by atoms with van der Waals surface area (Å²) in [6.07, 6.45) is 1.83. The highest BCUT2D eigenvalue weighted by Gasteiger charge is 2.02. The van der Waals surface area contributed by atoms with E-state index in [2.05, 4.69) is 15.9 Å². The molecule has 0 saturated carbocycles. The van der Waals surface area contributed by atoms with Gasteiger partial charge in [0.1, 0.15) is 0 Å². The lowest BCUT2D eigenvalue weighted by Crippen LogP contribution is -1.88. The van der Waals surface area contributed by atoms with E-state index in [1.807, 2.05) is 6.08 Å². The average molecular weight is 267 g/mol. The number of nitrogen functional groups attached to an aromatic ring is 1. The lowest BCUT2D eigenvalue weighted by Gasteiger charge is -2.01. The molecule has 1 aromatic carbocycles. The van der Waals surface area contributed by atoms with Gasteiger partial charge in [0.05, 0.1) is 15.7 Å². The Morgan fingerprint density at radius 1 is 1.25 bits per heavy atom. The van der Waals surface area contributed by atoms with E-state index in [0.29, 0.717) is 15.7 Å². The van der Waals surface area contributed by atoms with Crippen LogP contribution in [0, 0.1) is 0 Å². The smallest absolute Gasteiger partial charge is 0.0693 e. The molecule has 0 spiro atoms. The predicted molar refractivity (Wildman–Crippen MR) is 58.8 cm³/mol. The Kier molecular flexibility index (Phi) is 3.44. The molecule has 0 saturated heterocycles. The number of hydrogen-bond donors (Lipinski definition) is 1. The van der Waals surface area contributed by atoms with Crippen molar-refractivity contribution < 1.29 is 0 Å². The van der Waals surface area contributed by atoms with Crippen LogP contribution in [0.5, 0.6) is 0 Å². The molecule has 0 heterocycles. The predicted octanol–water partition coefficient (Wildman–Crippen LogP) is 3.94. The van der Waals surface area contributed by atoms with Crippen molar-refractivity contribution in [2.75, 3.05) is 5.73 Å². The van der Waals surface area contributed by atoms with Crippen LogP contribution in [0.25, 0.3) is 6.08 Å². The molecule has 0 aliphatic rings. The number of benzene rings is 1. The van der Waals surface area contributed by atoms with Gasteiger partial charge < -0.3 is 5.73 Å². The summed E-state index contributed by atoms with van der Waals surface area (Å²) in [5.74, 6) is 0. The van der Waals surface area contributed by atoms with Gasteiger partial charge in [-0.25, -0.2) is 0 Å². The molecule has 1 rings (SSSR count). The summed E-state index contributed by atoms with van der Waals surface area (Å²) >= 11 is 14.7. The lowest BCUT2D eigenvalue weighted by molar-refractivity contribution is 1.64. The third-order valence-electron chi connectivity index (χ3n) is 1.36. The molecule has 0 unspecified atom stereocenters. The summed E-state index contributed by atoms with van der Waals surface area (Å²) in [7, 11) is 0. The third kappa shape index (κ3) is 2.16. The standard InChI is InChI=1S/C8H6BrCl2N/c9-2-1-5-3-6(10)8(12)7(11)4-5/h1-4H,12H2/b2-1+. The van der Waals surface area contributed by atoms with Crippen molar-refractivity contribution in [3.05, 3.63) is 32.7 Å². The molecule has 0 bridgehead atoms. The summed E-state index contributed by atoms with van der Waals surface area (Å²) in [4.78, 5) is 1.73. The second kappa shape index (κ2) is 4.17. The van der Waals surface area contributed by atoms with Crippen LogP contribution in [-0.2, 0) is 0 Å². The monoisotopic (exact) mass is 265 g/mol. The minimum atomic E-state index is 0.421.